The van der Waals surface area contributed by atoms with Crippen LogP contribution < -0.4 is 5.32 Å². The molecule has 0 saturated heterocycles. The van der Waals surface area contributed by atoms with Crippen molar-refractivity contribution in [2.75, 3.05) is 6.54 Å². The van der Waals surface area contributed by atoms with Crippen molar-refractivity contribution in [2.24, 2.45) is 5.92 Å². The lowest BCUT2D eigenvalue weighted by Crippen LogP contribution is -2.26. The molecule has 1 N–H and O–H groups in total. The zero-order valence-electron chi connectivity index (χ0n) is 12.2. The first-order valence-corrected chi connectivity index (χ1v) is 8.50. The minimum absolute atomic E-state index is 0.253. The Balaban J connectivity index is 2.08. The van der Waals surface area contributed by atoms with Gasteiger partial charge in [0.25, 0.3) is 0 Å². The summed E-state index contributed by atoms with van der Waals surface area (Å²) in [5.74, 6) is 0.798. The van der Waals surface area contributed by atoms with E-state index < -0.39 is 0 Å². The van der Waals surface area contributed by atoms with Crippen LogP contribution in [0.1, 0.15) is 63.6 Å². The molecule has 112 valence electrons. The van der Waals surface area contributed by atoms with Gasteiger partial charge in [0, 0.05) is 6.20 Å². The minimum Gasteiger partial charge on any atom is -0.309 e. The number of hydrogen-bond acceptors (Lipinski definition) is 2. The predicted octanol–water partition coefficient (Wildman–Crippen LogP) is 5.40. The van der Waals surface area contributed by atoms with Crippen LogP contribution >= 0.6 is 23.2 Å². The normalized spacial score (nSPS) is 18.1. The number of nitrogens with one attached hydrogen (secondary N) is 1. The minimum atomic E-state index is 0.253. The van der Waals surface area contributed by atoms with E-state index in [1.807, 2.05) is 0 Å². The molecule has 1 aromatic rings. The third-order valence-corrected chi connectivity index (χ3v) is 4.61. The molecule has 0 aliphatic heterocycles. The second kappa shape index (κ2) is 8.21. The second-order valence-electron chi connectivity index (χ2n) is 5.77. The Hall–Kier alpha value is -0.310. The molecular formula is C16H24Cl2N2. The maximum absolute atomic E-state index is 6.33. The van der Waals surface area contributed by atoms with Gasteiger partial charge >= 0.3 is 0 Å². The van der Waals surface area contributed by atoms with E-state index in [9.17, 15) is 0 Å². The highest BCUT2D eigenvalue weighted by atomic mass is 35.5. The standard InChI is InChI=1S/C16H24Cl2N2/c1-2-8-19-15(9-12-6-4-3-5-7-12)16-14(18)10-13(17)11-20-16/h10-12,15,19H,2-9H2,1H3. The van der Waals surface area contributed by atoms with E-state index in [1.54, 1.807) is 12.3 Å². The fourth-order valence-corrected chi connectivity index (χ4v) is 3.56. The van der Waals surface area contributed by atoms with Gasteiger partial charge in [-0.15, -0.1) is 0 Å². The van der Waals surface area contributed by atoms with Gasteiger partial charge in [0.2, 0.25) is 0 Å². The highest BCUT2D eigenvalue weighted by Gasteiger charge is 2.22. The van der Waals surface area contributed by atoms with E-state index in [0.29, 0.717) is 10.0 Å². The molecule has 20 heavy (non-hydrogen) atoms. The van der Waals surface area contributed by atoms with Crippen molar-refractivity contribution in [2.45, 2.75) is 57.9 Å². The zero-order chi connectivity index (χ0) is 14.4. The number of aromatic nitrogens is 1. The quantitative estimate of drug-likeness (QED) is 0.760. The zero-order valence-corrected chi connectivity index (χ0v) is 13.7. The van der Waals surface area contributed by atoms with Gasteiger partial charge in [0.05, 0.1) is 21.8 Å². The molecule has 2 nitrogen and oxygen atoms in total. The summed E-state index contributed by atoms with van der Waals surface area (Å²) in [5, 5.41) is 4.89. The van der Waals surface area contributed by atoms with Crippen molar-refractivity contribution in [1.82, 2.24) is 10.3 Å². The Morgan fingerprint density at radius 3 is 2.70 bits per heavy atom. The molecule has 1 fully saturated rings. The van der Waals surface area contributed by atoms with Crippen LogP contribution in [0.5, 0.6) is 0 Å². The molecule has 1 unspecified atom stereocenters. The van der Waals surface area contributed by atoms with Gasteiger partial charge < -0.3 is 5.32 Å². The summed E-state index contributed by atoms with van der Waals surface area (Å²) >= 11 is 12.3. The smallest absolute Gasteiger partial charge is 0.0760 e. The van der Waals surface area contributed by atoms with Crippen LogP contribution in [0.4, 0.5) is 0 Å². The molecule has 0 spiro atoms. The maximum atomic E-state index is 6.33. The summed E-state index contributed by atoms with van der Waals surface area (Å²) < 4.78 is 0. The average molecular weight is 315 g/mol. The fraction of sp³-hybridized carbons (Fsp3) is 0.688. The first-order chi connectivity index (χ1) is 9.70. The first-order valence-electron chi connectivity index (χ1n) is 7.75. The van der Waals surface area contributed by atoms with Crippen LogP contribution in [0.25, 0.3) is 0 Å². The Morgan fingerprint density at radius 1 is 1.30 bits per heavy atom. The summed E-state index contributed by atoms with van der Waals surface area (Å²) in [4.78, 5) is 4.47. The van der Waals surface area contributed by atoms with E-state index in [1.165, 1.54) is 32.1 Å². The Labute approximate surface area is 132 Å². The maximum Gasteiger partial charge on any atom is 0.0760 e. The fourth-order valence-electron chi connectivity index (χ4n) is 3.05. The van der Waals surface area contributed by atoms with Gasteiger partial charge in [-0.2, -0.15) is 0 Å². The number of halogens is 2. The summed E-state index contributed by atoms with van der Waals surface area (Å²) in [7, 11) is 0. The highest BCUT2D eigenvalue weighted by Crippen LogP contribution is 2.34. The van der Waals surface area contributed by atoms with Crippen molar-refractivity contribution >= 4 is 23.2 Å². The van der Waals surface area contributed by atoms with Crippen molar-refractivity contribution in [1.29, 1.82) is 0 Å². The molecule has 0 bridgehead atoms. The van der Waals surface area contributed by atoms with Crippen LogP contribution in [0.15, 0.2) is 12.3 Å². The van der Waals surface area contributed by atoms with E-state index in [-0.39, 0.29) is 6.04 Å². The van der Waals surface area contributed by atoms with E-state index >= 15 is 0 Å². The third kappa shape index (κ3) is 4.61. The van der Waals surface area contributed by atoms with Crippen molar-refractivity contribution < 1.29 is 0 Å². The Morgan fingerprint density at radius 2 is 2.05 bits per heavy atom. The molecule has 1 heterocycles. The van der Waals surface area contributed by atoms with Crippen LogP contribution in [0.2, 0.25) is 10.0 Å². The van der Waals surface area contributed by atoms with Crippen LogP contribution in [0, 0.1) is 5.92 Å². The van der Waals surface area contributed by atoms with E-state index in [0.717, 1.165) is 31.0 Å². The monoisotopic (exact) mass is 314 g/mol. The van der Waals surface area contributed by atoms with Crippen LogP contribution in [0.3, 0.4) is 0 Å². The molecule has 0 aromatic carbocycles. The SMILES string of the molecule is CCCNC(CC1CCCCC1)c1ncc(Cl)cc1Cl. The number of hydrogen-bond donors (Lipinski definition) is 1. The van der Waals surface area contributed by atoms with Gasteiger partial charge in [0.15, 0.2) is 0 Å². The Kier molecular flexibility index (Phi) is 6.60. The van der Waals surface area contributed by atoms with Gasteiger partial charge in [-0.25, -0.2) is 0 Å². The van der Waals surface area contributed by atoms with Gasteiger partial charge in [-0.3, -0.25) is 4.98 Å². The predicted molar refractivity (Wildman–Crippen MR) is 86.5 cm³/mol. The van der Waals surface area contributed by atoms with Gasteiger partial charge in [0.1, 0.15) is 0 Å². The molecule has 1 aromatic heterocycles. The summed E-state index contributed by atoms with van der Waals surface area (Å²) in [6.07, 6.45) is 10.8. The lowest BCUT2D eigenvalue weighted by molar-refractivity contribution is 0.297. The lowest BCUT2D eigenvalue weighted by Gasteiger charge is -2.27. The van der Waals surface area contributed by atoms with Gasteiger partial charge in [-0.05, 0) is 31.4 Å². The molecule has 4 heteroatoms. The molecular weight excluding hydrogens is 291 g/mol. The number of rotatable bonds is 6. The van der Waals surface area contributed by atoms with Gasteiger partial charge in [-0.1, -0.05) is 62.2 Å². The number of nitrogens with zero attached hydrogens (tertiary/aromatic N) is 1. The molecule has 1 atom stereocenters. The average Bonchev–Trinajstić information content (AvgIpc) is 2.45. The first kappa shape index (κ1) is 16.1. The van der Waals surface area contributed by atoms with E-state index in [4.69, 9.17) is 23.2 Å². The second-order valence-corrected chi connectivity index (χ2v) is 6.61. The van der Waals surface area contributed by atoms with Crippen molar-refractivity contribution in [3.05, 3.63) is 28.0 Å². The summed E-state index contributed by atoms with van der Waals surface area (Å²) in [6, 6.07) is 2.05. The number of pyridine rings is 1. The third-order valence-electron chi connectivity index (χ3n) is 4.10. The van der Waals surface area contributed by atoms with E-state index in [2.05, 4.69) is 17.2 Å². The molecule has 1 aliphatic rings. The highest BCUT2D eigenvalue weighted by molar-refractivity contribution is 6.34. The topological polar surface area (TPSA) is 24.9 Å². The molecule has 2 rings (SSSR count). The van der Waals surface area contributed by atoms with Crippen LogP contribution in [-0.2, 0) is 0 Å². The molecule has 1 saturated carbocycles. The summed E-state index contributed by atoms with van der Waals surface area (Å²) in [6.45, 7) is 3.18. The Bertz CT molecular complexity index is 417. The molecule has 0 amide bonds. The molecule has 1 aliphatic carbocycles. The lowest BCUT2D eigenvalue weighted by atomic mass is 9.84. The van der Waals surface area contributed by atoms with Crippen molar-refractivity contribution in [3.63, 3.8) is 0 Å². The van der Waals surface area contributed by atoms with Crippen molar-refractivity contribution in [3.8, 4) is 0 Å². The van der Waals surface area contributed by atoms with Crippen LogP contribution in [-0.4, -0.2) is 11.5 Å². The largest absolute Gasteiger partial charge is 0.309 e. The summed E-state index contributed by atoms with van der Waals surface area (Å²) in [5.41, 5.74) is 0.954. The molecule has 0 radical (unpaired) electrons.